The van der Waals surface area contributed by atoms with Crippen LogP contribution in [0.1, 0.15) is 16.5 Å². The molecule has 0 bridgehead atoms. The Balaban J connectivity index is 1.97. The highest BCUT2D eigenvalue weighted by molar-refractivity contribution is 9.10. The Morgan fingerprint density at radius 1 is 1.41 bits per heavy atom. The smallest absolute Gasteiger partial charge is 0.0487 e. The maximum absolute atomic E-state index is 6.20. The molecule has 2 aromatic rings. The quantitative estimate of drug-likeness (QED) is 0.830. The number of nitrogens with two attached hydrogens (primary N) is 1. The number of benzene rings is 1. The van der Waals surface area contributed by atoms with E-state index in [2.05, 4.69) is 46.4 Å². The molecule has 1 atom stereocenters. The molecule has 1 heterocycles. The number of rotatable bonds is 4. The van der Waals surface area contributed by atoms with Crippen molar-refractivity contribution >= 4 is 39.0 Å². The van der Waals surface area contributed by atoms with Gasteiger partial charge in [-0.2, -0.15) is 0 Å². The Hall–Kier alpha value is -0.290. The third kappa shape index (κ3) is 3.58. The standard InChI is InChI=1S/C13H14BrNS2/c1-9-5-6-16-13(9)12(15)8-17-11-4-2-3-10(14)7-11/h2-7,12H,8,15H2,1H3. The topological polar surface area (TPSA) is 26.0 Å². The summed E-state index contributed by atoms with van der Waals surface area (Å²) in [6.45, 7) is 2.12. The third-order valence-electron chi connectivity index (χ3n) is 2.46. The molecule has 17 heavy (non-hydrogen) atoms. The van der Waals surface area contributed by atoms with E-state index in [1.165, 1.54) is 15.3 Å². The summed E-state index contributed by atoms with van der Waals surface area (Å²) in [5.74, 6) is 0.914. The molecule has 1 nitrogen and oxygen atoms in total. The average molecular weight is 328 g/mol. The lowest BCUT2D eigenvalue weighted by Crippen LogP contribution is -2.12. The molecule has 0 aliphatic heterocycles. The molecule has 0 aliphatic rings. The van der Waals surface area contributed by atoms with E-state index in [0.29, 0.717) is 0 Å². The van der Waals surface area contributed by atoms with Crippen LogP contribution in [0.15, 0.2) is 45.1 Å². The molecule has 90 valence electrons. The first kappa shape index (κ1) is 13.1. The van der Waals surface area contributed by atoms with Crippen LogP contribution in [0.2, 0.25) is 0 Å². The van der Waals surface area contributed by atoms with Gasteiger partial charge in [0.05, 0.1) is 0 Å². The van der Waals surface area contributed by atoms with Crippen molar-refractivity contribution in [3.8, 4) is 0 Å². The van der Waals surface area contributed by atoms with Gasteiger partial charge in [-0.3, -0.25) is 0 Å². The largest absolute Gasteiger partial charge is 0.323 e. The van der Waals surface area contributed by atoms with Crippen molar-refractivity contribution in [2.45, 2.75) is 17.9 Å². The number of hydrogen-bond acceptors (Lipinski definition) is 3. The van der Waals surface area contributed by atoms with Crippen molar-refractivity contribution in [3.05, 3.63) is 50.6 Å². The zero-order valence-electron chi connectivity index (χ0n) is 9.52. The van der Waals surface area contributed by atoms with Crippen LogP contribution in [0.25, 0.3) is 0 Å². The molecule has 1 aromatic carbocycles. The highest BCUT2D eigenvalue weighted by Crippen LogP contribution is 2.29. The van der Waals surface area contributed by atoms with Crippen LogP contribution in [0, 0.1) is 6.92 Å². The molecule has 0 saturated carbocycles. The van der Waals surface area contributed by atoms with Crippen LogP contribution in [0.3, 0.4) is 0 Å². The van der Waals surface area contributed by atoms with Gasteiger partial charge in [0.1, 0.15) is 0 Å². The Morgan fingerprint density at radius 3 is 2.88 bits per heavy atom. The summed E-state index contributed by atoms with van der Waals surface area (Å²) in [7, 11) is 0. The van der Waals surface area contributed by atoms with Gasteiger partial charge in [0.25, 0.3) is 0 Å². The average Bonchev–Trinajstić information content (AvgIpc) is 2.72. The highest BCUT2D eigenvalue weighted by Gasteiger charge is 2.10. The molecular weight excluding hydrogens is 314 g/mol. The van der Waals surface area contributed by atoms with Crippen molar-refractivity contribution in [1.82, 2.24) is 0 Å². The van der Waals surface area contributed by atoms with Crippen molar-refractivity contribution in [2.75, 3.05) is 5.75 Å². The first-order valence-corrected chi connectivity index (χ1v) is 8.00. The minimum absolute atomic E-state index is 0.124. The van der Waals surface area contributed by atoms with Crippen LogP contribution >= 0.6 is 39.0 Å². The van der Waals surface area contributed by atoms with E-state index < -0.39 is 0 Å². The number of thiophene rings is 1. The van der Waals surface area contributed by atoms with Crippen LogP contribution in [-0.4, -0.2) is 5.75 Å². The van der Waals surface area contributed by atoms with E-state index in [1.54, 1.807) is 23.1 Å². The molecule has 0 fully saturated rings. The maximum Gasteiger partial charge on any atom is 0.0487 e. The van der Waals surface area contributed by atoms with Gasteiger partial charge in [-0.15, -0.1) is 23.1 Å². The fourth-order valence-corrected chi connectivity index (χ4v) is 4.09. The van der Waals surface area contributed by atoms with Gasteiger partial charge in [-0.1, -0.05) is 22.0 Å². The Morgan fingerprint density at radius 2 is 2.24 bits per heavy atom. The molecule has 1 unspecified atom stereocenters. The van der Waals surface area contributed by atoms with Gasteiger partial charge in [-0.25, -0.2) is 0 Å². The third-order valence-corrected chi connectivity index (χ3v) is 5.22. The van der Waals surface area contributed by atoms with E-state index in [0.717, 1.165) is 10.2 Å². The van der Waals surface area contributed by atoms with E-state index in [4.69, 9.17) is 5.73 Å². The van der Waals surface area contributed by atoms with Crippen molar-refractivity contribution < 1.29 is 0 Å². The van der Waals surface area contributed by atoms with Gasteiger partial charge in [-0.05, 0) is 42.1 Å². The minimum Gasteiger partial charge on any atom is -0.323 e. The number of aryl methyl sites for hydroxylation is 1. The molecule has 0 saturated heterocycles. The minimum atomic E-state index is 0.124. The van der Waals surface area contributed by atoms with Crippen LogP contribution in [0.5, 0.6) is 0 Å². The molecule has 0 amide bonds. The zero-order valence-corrected chi connectivity index (χ0v) is 12.7. The van der Waals surface area contributed by atoms with Crippen LogP contribution in [-0.2, 0) is 0 Å². The van der Waals surface area contributed by atoms with E-state index in [-0.39, 0.29) is 6.04 Å². The molecule has 2 N–H and O–H groups in total. The first-order valence-electron chi connectivity index (χ1n) is 5.35. The lowest BCUT2D eigenvalue weighted by Gasteiger charge is -2.10. The lowest BCUT2D eigenvalue weighted by molar-refractivity contribution is 0.844. The molecule has 0 aliphatic carbocycles. The maximum atomic E-state index is 6.20. The molecule has 0 radical (unpaired) electrons. The summed E-state index contributed by atoms with van der Waals surface area (Å²) < 4.78 is 1.11. The second kappa shape index (κ2) is 6.05. The number of thioether (sulfide) groups is 1. The molecular formula is C13H14BrNS2. The summed E-state index contributed by atoms with van der Waals surface area (Å²) in [4.78, 5) is 2.55. The van der Waals surface area contributed by atoms with Crippen molar-refractivity contribution in [2.24, 2.45) is 5.73 Å². The SMILES string of the molecule is Cc1ccsc1C(N)CSc1cccc(Br)c1. The molecule has 2 rings (SSSR count). The fraction of sp³-hybridized carbons (Fsp3) is 0.231. The van der Waals surface area contributed by atoms with E-state index in [9.17, 15) is 0 Å². The monoisotopic (exact) mass is 327 g/mol. The summed E-state index contributed by atoms with van der Waals surface area (Å²) >= 11 is 7.03. The lowest BCUT2D eigenvalue weighted by atomic mass is 10.2. The zero-order chi connectivity index (χ0) is 12.3. The highest BCUT2D eigenvalue weighted by atomic mass is 79.9. The van der Waals surface area contributed by atoms with Crippen LogP contribution in [0.4, 0.5) is 0 Å². The Labute approximate surface area is 119 Å². The summed E-state index contributed by atoms with van der Waals surface area (Å²) in [6.07, 6.45) is 0. The summed E-state index contributed by atoms with van der Waals surface area (Å²) in [6, 6.07) is 10.6. The summed E-state index contributed by atoms with van der Waals surface area (Å²) in [5, 5.41) is 2.11. The van der Waals surface area contributed by atoms with Gasteiger partial charge >= 0.3 is 0 Å². The van der Waals surface area contributed by atoms with Gasteiger partial charge in [0.15, 0.2) is 0 Å². The van der Waals surface area contributed by atoms with Crippen LogP contribution < -0.4 is 5.73 Å². The molecule has 1 aromatic heterocycles. The normalized spacial score (nSPS) is 12.6. The van der Waals surface area contributed by atoms with Gasteiger partial charge < -0.3 is 5.73 Å². The molecule has 4 heteroatoms. The predicted octanol–water partition coefficient (Wildman–Crippen LogP) is 4.61. The Bertz CT molecular complexity index is 496. The second-order valence-corrected chi connectivity index (χ2v) is 6.80. The first-order chi connectivity index (χ1) is 8.16. The summed E-state index contributed by atoms with van der Waals surface area (Å²) in [5.41, 5.74) is 7.51. The van der Waals surface area contributed by atoms with E-state index >= 15 is 0 Å². The van der Waals surface area contributed by atoms with Gasteiger partial charge in [0.2, 0.25) is 0 Å². The fourth-order valence-electron chi connectivity index (χ4n) is 1.58. The Kier molecular flexibility index (Phi) is 4.68. The molecule has 0 spiro atoms. The predicted molar refractivity (Wildman–Crippen MR) is 80.9 cm³/mol. The number of hydrogen-bond donors (Lipinski definition) is 1. The second-order valence-electron chi connectivity index (χ2n) is 3.84. The van der Waals surface area contributed by atoms with Crippen molar-refractivity contribution in [1.29, 1.82) is 0 Å². The van der Waals surface area contributed by atoms with E-state index in [1.807, 2.05) is 12.1 Å². The van der Waals surface area contributed by atoms with Crippen molar-refractivity contribution in [3.63, 3.8) is 0 Å². The number of halogens is 1. The van der Waals surface area contributed by atoms with Gasteiger partial charge in [0, 0.05) is 26.0 Å².